The van der Waals surface area contributed by atoms with Gasteiger partial charge in [-0.3, -0.25) is 4.57 Å². The Labute approximate surface area is 109 Å². The summed E-state index contributed by atoms with van der Waals surface area (Å²) in [5.41, 5.74) is 9.24. The number of rotatable bonds is 2. The minimum absolute atomic E-state index is 0.361. The fraction of sp³-hybridized carbons (Fsp3) is 0.154. The van der Waals surface area contributed by atoms with Gasteiger partial charge in [-0.25, -0.2) is 9.97 Å². The number of aromatic nitrogens is 4. The lowest BCUT2D eigenvalue weighted by Crippen LogP contribution is -2.01. The molecule has 2 N–H and O–H groups in total. The molecule has 0 saturated carbocycles. The van der Waals surface area contributed by atoms with Crippen molar-refractivity contribution in [2.24, 2.45) is 0 Å². The Morgan fingerprint density at radius 1 is 1.26 bits per heavy atom. The van der Waals surface area contributed by atoms with Gasteiger partial charge in [0, 0.05) is 0 Å². The maximum atomic E-state index is 5.99. The fourth-order valence-electron chi connectivity index (χ4n) is 2.06. The summed E-state index contributed by atoms with van der Waals surface area (Å²) >= 11 is 0. The highest BCUT2D eigenvalue weighted by Gasteiger charge is 2.15. The third-order valence-electron chi connectivity index (χ3n) is 2.89. The van der Waals surface area contributed by atoms with E-state index in [1.54, 1.807) is 11.7 Å². The summed E-state index contributed by atoms with van der Waals surface area (Å²) in [6.07, 6.45) is 1.44. The van der Waals surface area contributed by atoms with Crippen LogP contribution in [-0.2, 0) is 0 Å². The summed E-state index contributed by atoms with van der Waals surface area (Å²) in [4.78, 5) is 12.6. The molecule has 19 heavy (non-hydrogen) atoms. The van der Waals surface area contributed by atoms with Gasteiger partial charge < -0.3 is 10.5 Å². The van der Waals surface area contributed by atoms with E-state index in [0.29, 0.717) is 23.0 Å². The van der Waals surface area contributed by atoms with Gasteiger partial charge >= 0.3 is 0 Å². The molecule has 3 aromatic rings. The lowest BCUT2D eigenvalue weighted by molar-refractivity contribution is 0.401. The number of imidazole rings is 1. The number of methoxy groups -OCH3 is 1. The summed E-state index contributed by atoms with van der Waals surface area (Å²) in [7, 11) is 1.55. The van der Waals surface area contributed by atoms with Crippen LogP contribution in [0.1, 0.15) is 5.56 Å². The number of hydrogen-bond donors (Lipinski definition) is 1. The number of nitrogens with zero attached hydrogens (tertiary/aromatic N) is 4. The number of nitrogens with two attached hydrogens (primary N) is 1. The topological polar surface area (TPSA) is 78.8 Å². The third kappa shape index (κ3) is 1.77. The molecular weight excluding hydrogens is 242 g/mol. The largest absolute Gasteiger partial charge is 0.479 e. The molecule has 0 atom stereocenters. The number of anilines is 1. The standard InChI is InChI=1S/C13H13N5O/c1-8-4-3-5-9(6-8)18-11-10(17-13(18)14)12(19-2)16-7-15-11/h3-7H,1-2H3,(H2,14,17). The van der Waals surface area contributed by atoms with Crippen LogP contribution < -0.4 is 10.5 Å². The van der Waals surface area contributed by atoms with Crippen LogP contribution in [0.4, 0.5) is 5.95 Å². The van der Waals surface area contributed by atoms with Gasteiger partial charge in [0.15, 0.2) is 11.2 Å². The molecule has 6 nitrogen and oxygen atoms in total. The summed E-state index contributed by atoms with van der Waals surface area (Å²) < 4.78 is 6.96. The predicted molar refractivity (Wildman–Crippen MR) is 72.4 cm³/mol. The maximum Gasteiger partial charge on any atom is 0.245 e. The molecule has 1 aromatic carbocycles. The van der Waals surface area contributed by atoms with Crippen LogP contribution in [0.5, 0.6) is 5.88 Å². The molecular formula is C13H13N5O. The highest BCUT2D eigenvalue weighted by atomic mass is 16.5. The number of fused-ring (bicyclic) bond motifs is 1. The maximum absolute atomic E-state index is 5.99. The zero-order valence-corrected chi connectivity index (χ0v) is 10.7. The van der Waals surface area contributed by atoms with Crippen molar-refractivity contribution in [3.05, 3.63) is 36.2 Å². The fourth-order valence-corrected chi connectivity index (χ4v) is 2.06. The second-order valence-corrected chi connectivity index (χ2v) is 4.20. The van der Waals surface area contributed by atoms with Gasteiger partial charge in [0.2, 0.25) is 11.8 Å². The number of hydrogen-bond acceptors (Lipinski definition) is 5. The molecule has 0 aliphatic carbocycles. The summed E-state index contributed by atoms with van der Waals surface area (Å²) in [5.74, 6) is 0.780. The van der Waals surface area contributed by atoms with E-state index in [0.717, 1.165) is 11.3 Å². The lowest BCUT2D eigenvalue weighted by atomic mass is 10.2. The van der Waals surface area contributed by atoms with Crippen LogP contribution in [0.2, 0.25) is 0 Å². The molecule has 0 radical (unpaired) electrons. The summed E-state index contributed by atoms with van der Waals surface area (Å²) in [5, 5.41) is 0. The number of benzene rings is 1. The Kier molecular flexibility index (Phi) is 2.56. The Hall–Kier alpha value is -2.63. The van der Waals surface area contributed by atoms with Crippen molar-refractivity contribution in [1.82, 2.24) is 19.5 Å². The van der Waals surface area contributed by atoms with Crippen LogP contribution >= 0.6 is 0 Å². The smallest absolute Gasteiger partial charge is 0.245 e. The molecule has 0 amide bonds. The lowest BCUT2D eigenvalue weighted by Gasteiger charge is -2.06. The molecule has 3 rings (SSSR count). The zero-order valence-electron chi connectivity index (χ0n) is 10.7. The van der Waals surface area contributed by atoms with E-state index in [9.17, 15) is 0 Å². The summed E-state index contributed by atoms with van der Waals surface area (Å²) in [6, 6.07) is 7.97. The molecule has 0 fully saturated rings. The molecule has 0 aliphatic heterocycles. The molecule has 0 aliphatic rings. The Balaban J connectivity index is 2.32. The Morgan fingerprint density at radius 2 is 2.11 bits per heavy atom. The molecule has 0 spiro atoms. The van der Waals surface area contributed by atoms with E-state index in [1.807, 2.05) is 31.2 Å². The second kappa shape index (κ2) is 4.24. The molecule has 96 valence electrons. The van der Waals surface area contributed by atoms with E-state index >= 15 is 0 Å². The van der Waals surface area contributed by atoms with Gasteiger partial charge in [0.25, 0.3) is 0 Å². The van der Waals surface area contributed by atoms with E-state index in [4.69, 9.17) is 10.5 Å². The van der Waals surface area contributed by atoms with Crippen LogP contribution in [-0.4, -0.2) is 26.6 Å². The number of aryl methyl sites for hydroxylation is 1. The minimum atomic E-state index is 0.361. The van der Waals surface area contributed by atoms with Crippen molar-refractivity contribution in [2.75, 3.05) is 12.8 Å². The second-order valence-electron chi connectivity index (χ2n) is 4.20. The molecule has 6 heteroatoms. The number of ether oxygens (including phenoxy) is 1. The monoisotopic (exact) mass is 255 g/mol. The van der Waals surface area contributed by atoms with E-state index in [-0.39, 0.29) is 0 Å². The Morgan fingerprint density at radius 3 is 2.84 bits per heavy atom. The van der Waals surface area contributed by atoms with Crippen LogP contribution in [0.15, 0.2) is 30.6 Å². The van der Waals surface area contributed by atoms with E-state index in [1.165, 1.54) is 6.33 Å². The van der Waals surface area contributed by atoms with E-state index < -0.39 is 0 Å². The van der Waals surface area contributed by atoms with Crippen molar-refractivity contribution >= 4 is 17.1 Å². The molecule has 2 aromatic heterocycles. The minimum Gasteiger partial charge on any atom is -0.479 e. The van der Waals surface area contributed by atoms with Gasteiger partial charge in [-0.05, 0) is 24.6 Å². The predicted octanol–water partition coefficient (Wildman–Crippen LogP) is 1.71. The van der Waals surface area contributed by atoms with Crippen molar-refractivity contribution in [1.29, 1.82) is 0 Å². The van der Waals surface area contributed by atoms with Gasteiger partial charge in [0.05, 0.1) is 12.8 Å². The van der Waals surface area contributed by atoms with Gasteiger partial charge in [-0.15, -0.1) is 0 Å². The van der Waals surface area contributed by atoms with Crippen molar-refractivity contribution in [2.45, 2.75) is 6.92 Å². The highest BCUT2D eigenvalue weighted by molar-refractivity contribution is 5.81. The third-order valence-corrected chi connectivity index (χ3v) is 2.89. The van der Waals surface area contributed by atoms with Crippen molar-refractivity contribution in [3.8, 4) is 11.6 Å². The summed E-state index contributed by atoms with van der Waals surface area (Å²) in [6.45, 7) is 2.02. The van der Waals surface area contributed by atoms with Crippen molar-refractivity contribution in [3.63, 3.8) is 0 Å². The van der Waals surface area contributed by atoms with Gasteiger partial charge in [0.1, 0.15) is 6.33 Å². The average Bonchev–Trinajstić information content (AvgIpc) is 2.74. The quantitative estimate of drug-likeness (QED) is 0.754. The Bertz CT molecular complexity index is 750. The molecule has 0 bridgehead atoms. The molecule has 2 heterocycles. The SMILES string of the molecule is COc1ncnc2c1nc(N)n2-c1cccc(C)c1. The normalized spacial score (nSPS) is 10.8. The first-order valence-electron chi connectivity index (χ1n) is 5.80. The zero-order chi connectivity index (χ0) is 13.4. The van der Waals surface area contributed by atoms with Crippen LogP contribution in [0.25, 0.3) is 16.9 Å². The molecule has 0 unspecified atom stereocenters. The van der Waals surface area contributed by atoms with Crippen LogP contribution in [0.3, 0.4) is 0 Å². The van der Waals surface area contributed by atoms with E-state index in [2.05, 4.69) is 15.0 Å². The first kappa shape index (κ1) is 11.5. The number of nitrogen functional groups attached to an aromatic ring is 1. The highest BCUT2D eigenvalue weighted by Crippen LogP contribution is 2.26. The first-order valence-corrected chi connectivity index (χ1v) is 5.80. The van der Waals surface area contributed by atoms with Crippen LogP contribution in [0, 0.1) is 6.92 Å². The van der Waals surface area contributed by atoms with Crippen molar-refractivity contribution < 1.29 is 4.74 Å². The average molecular weight is 255 g/mol. The van der Waals surface area contributed by atoms with Gasteiger partial charge in [-0.2, -0.15) is 4.98 Å². The first-order chi connectivity index (χ1) is 9.20. The van der Waals surface area contributed by atoms with Gasteiger partial charge in [-0.1, -0.05) is 12.1 Å². The molecule has 0 saturated heterocycles.